The van der Waals surface area contributed by atoms with Crippen LogP contribution in [0.4, 0.5) is 5.69 Å². The van der Waals surface area contributed by atoms with Crippen molar-refractivity contribution < 1.29 is 31.5 Å². The fourth-order valence-corrected chi connectivity index (χ4v) is 7.02. The number of aliphatic hydroxyl groups is 1. The van der Waals surface area contributed by atoms with Crippen molar-refractivity contribution in [2.24, 2.45) is 5.92 Å². The van der Waals surface area contributed by atoms with E-state index in [4.69, 9.17) is 4.74 Å². The molecular formula is C30H37N3O7S2. The summed E-state index contributed by atoms with van der Waals surface area (Å²) in [6.07, 6.45) is -0.766. The largest absolute Gasteiger partial charge is 0.488 e. The average molecular weight is 616 g/mol. The highest BCUT2D eigenvalue weighted by atomic mass is 32.2. The van der Waals surface area contributed by atoms with Crippen LogP contribution in [0.2, 0.25) is 0 Å². The first-order chi connectivity index (χ1) is 19.8. The van der Waals surface area contributed by atoms with Crippen LogP contribution < -0.4 is 9.46 Å². The lowest BCUT2D eigenvalue weighted by atomic mass is 10.0. The van der Waals surface area contributed by atoms with E-state index < -0.39 is 32.2 Å². The summed E-state index contributed by atoms with van der Waals surface area (Å²) in [5, 5.41) is 9.87. The Kier molecular flexibility index (Phi) is 9.61. The number of benzene rings is 3. The van der Waals surface area contributed by atoms with E-state index in [1.807, 2.05) is 13.8 Å². The molecule has 2 N–H and O–H groups in total. The van der Waals surface area contributed by atoms with Gasteiger partial charge in [0.1, 0.15) is 11.9 Å². The molecule has 0 unspecified atom stereocenters. The number of nitrogens with one attached hydrogen (secondary N) is 1. The normalized spacial score (nSPS) is 18.8. The summed E-state index contributed by atoms with van der Waals surface area (Å²) in [5.74, 6) is -0.235. The van der Waals surface area contributed by atoms with Crippen LogP contribution in [-0.4, -0.2) is 75.9 Å². The third-order valence-electron chi connectivity index (χ3n) is 7.39. The van der Waals surface area contributed by atoms with Crippen molar-refractivity contribution in [2.45, 2.75) is 49.1 Å². The van der Waals surface area contributed by atoms with Crippen molar-refractivity contribution in [3.63, 3.8) is 0 Å². The van der Waals surface area contributed by atoms with Gasteiger partial charge < -0.3 is 14.7 Å². The number of ether oxygens (including phenoxy) is 1. The van der Waals surface area contributed by atoms with Crippen LogP contribution in [-0.2, 0) is 31.3 Å². The Morgan fingerprint density at radius 3 is 2.33 bits per heavy atom. The number of anilines is 1. The van der Waals surface area contributed by atoms with Gasteiger partial charge in [-0.1, -0.05) is 42.8 Å². The summed E-state index contributed by atoms with van der Waals surface area (Å²) in [6, 6.07) is 18.7. The number of rotatable bonds is 9. The maximum atomic E-state index is 13.5. The van der Waals surface area contributed by atoms with Crippen LogP contribution in [0.3, 0.4) is 0 Å². The third kappa shape index (κ3) is 7.12. The van der Waals surface area contributed by atoms with Gasteiger partial charge in [-0.25, -0.2) is 16.8 Å². The first-order valence-corrected chi connectivity index (χ1v) is 16.5. The molecule has 12 heteroatoms. The fraction of sp³-hybridized carbons (Fsp3) is 0.367. The molecule has 42 heavy (non-hydrogen) atoms. The molecule has 0 saturated heterocycles. The van der Waals surface area contributed by atoms with Crippen LogP contribution in [0.1, 0.15) is 25.0 Å². The first kappa shape index (κ1) is 31.5. The van der Waals surface area contributed by atoms with E-state index in [0.29, 0.717) is 11.3 Å². The van der Waals surface area contributed by atoms with Gasteiger partial charge in [-0.05, 0) is 56.3 Å². The number of nitrogens with zero attached hydrogens (tertiary/aromatic N) is 2. The zero-order valence-electron chi connectivity index (χ0n) is 24.1. The lowest BCUT2D eigenvalue weighted by Gasteiger charge is -2.33. The minimum atomic E-state index is -3.88. The molecule has 1 aliphatic rings. The van der Waals surface area contributed by atoms with E-state index in [2.05, 4.69) is 4.72 Å². The minimum absolute atomic E-state index is 0.00522. The Hall–Kier alpha value is -3.45. The number of fused-ring (bicyclic) bond motifs is 1. The highest BCUT2D eigenvalue weighted by molar-refractivity contribution is 7.92. The molecule has 1 aliphatic heterocycles. The summed E-state index contributed by atoms with van der Waals surface area (Å²) in [5.41, 5.74) is 1.62. The van der Waals surface area contributed by atoms with Crippen molar-refractivity contribution in [3.05, 3.63) is 83.9 Å². The van der Waals surface area contributed by atoms with E-state index in [-0.39, 0.29) is 53.4 Å². The lowest BCUT2D eigenvalue weighted by molar-refractivity contribution is -0.134. The highest BCUT2D eigenvalue weighted by Crippen LogP contribution is 2.30. The Balaban J connectivity index is 1.68. The molecule has 3 aromatic rings. The molecule has 1 heterocycles. The van der Waals surface area contributed by atoms with Crippen LogP contribution in [0.25, 0.3) is 0 Å². The zero-order valence-corrected chi connectivity index (χ0v) is 25.7. The molecule has 0 bridgehead atoms. The Morgan fingerprint density at radius 1 is 1.02 bits per heavy atom. The SMILES string of the molecule is Cc1ccc(S(=O)(=O)N(C)C[C@H]2Oc3ccc(NS(=O)(=O)c4ccccc4)cc3CC(=O)N([C@H](C)CO)C[C@H]2C)cc1. The van der Waals surface area contributed by atoms with Crippen LogP contribution in [0.5, 0.6) is 5.75 Å². The molecule has 0 radical (unpaired) electrons. The Bertz CT molecular complexity index is 1610. The number of aliphatic hydroxyl groups excluding tert-OH is 1. The fourth-order valence-electron chi connectivity index (χ4n) is 4.77. The highest BCUT2D eigenvalue weighted by Gasteiger charge is 2.33. The smallest absolute Gasteiger partial charge is 0.261 e. The molecule has 226 valence electrons. The molecule has 0 aliphatic carbocycles. The maximum absolute atomic E-state index is 13.5. The number of hydrogen-bond acceptors (Lipinski definition) is 7. The van der Waals surface area contributed by atoms with Crippen LogP contribution in [0.15, 0.2) is 82.6 Å². The molecule has 0 fully saturated rings. The van der Waals surface area contributed by atoms with E-state index >= 15 is 0 Å². The van der Waals surface area contributed by atoms with E-state index in [9.17, 15) is 26.7 Å². The second-order valence-electron chi connectivity index (χ2n) is 10.7. The van der Waals surface area contributed by atoms with E-state index in [1.54, 1.807) is 72.5 Å². The van der Waals surface area contributed by atoms with Crippen molar-refractivity contribution in [3.8, 4) is 5.75 Å². The van der Waals surface area contributed by atoms with Crippen molar-refractivity contribution in [2.75, 3.05) is 31.5 Å². The van der Waals surface area contributed by atoms with Gasteiger partial charge in [-0.3, -0.25) is 9.52 Å². The molecule has 10 nitrogen and oxygen atoms in total. The van der Waals surface area contributed by atoms with Gasteiger partial charge in [0.15, 0.2) is 0 Å². The molecule has 0 spiro atoms. The van der Waals surface area contributed by atoms with Crippen LogP contribution >= 0.6 is 0 Å². The zero-order chi connectivity index (χ0) is 30.7. The lowest BCUT2D eigenvalue weighted by Crippen LogP contribution is -2.48. The summed E-state index contributed by atoms with van der Waals surface area (Å²) >= 11 is 0. The molecule has 0 aromatic heterocycles. The minimum Gasteiger partial charge on any atom is -0.488 e. The number of hydrogen-bond donors (Lipinski definition) is 2. The molecule has 0 saturated carbocycles. The average Bonchev–Trinajstić information content (AvgIpc) is 3.00. The van der Waals surface area contributed by atoms with Crippen molar-refractivity contribution in [1.82, 2.24) is 9.21 Å². The predicted molar refractivity (Wildman–Crippen MR) is 160 cm³/mol. The van der Waals surface area contributed by atoms with Gasteiger partial charge in [-0.15, -0.1) is 0 Å². The van der Waals surface area contributed by atoms with Gasteiger partial charge in [0.25, 0.3) is 10.0 Å². The summed E-state index contributed by atoms with van der Waals surface area (Å²) in [4.78, 5) is 15.3. The quantitative estimate of drug-likeness (QED) is 0.378. The summed E-state index contributed by atoms with van der Waals surface area (Å²) in [7, 11) is -6.22. The number of likely N-dealkylation sites (N-methyl/N-ethyl adjacent to an activating group) is 1. The summed E-state index contributed by atoms with van der Waals surface area (Å²) < 4.78 is 62.8. The molecular weight excluding hydrogens is 578 g/mol. The van der Waals surface area contributed by atoms with Gasteiger partial charge in [0.2, 0.25) is 15.9 Å². The second kappa shape index (κ2) is 12.8. The molecule has 4 rings (SSSR count). The monoisotopic (exact) mass is 615 g/mol. The third-order valence-corrected chi connectivity index (χ3v) is 10.6. The van der Waals surface area contributed by atoms with E-state index in [0.717, 1.165) is 5.56 Å². The number of sulfonamides is 2. The van der Waals surface area contributed by atoms with Crippen LogP contribution in [0, 0.1) is 12.8 Å². The van der Waals surface area contributed by atoms with Gasteiger partial charge in [0, 0.05) is 30.8 Å². The molecule has 3 aromatic carbocycles. The van der Waals surface area contributed by atoms with Crippen molar-refractivity contribution >= 4 is 31.6 Å². The predicted octanol–water partition coefficient (Wildman–Crippen LogP) is 3.27. The number of carbonyl (C=O) groups is 1. The van der Waals surface area contributed by atoms with Gasteiger partial charge in [-0.2, -0.15) is 4.31 Å². The topological polar surface area (TPSA) is 133 Å². The molecule has 1 amide bonds. The van der Waals surface area contributed by atoms with Crippen molar-refractivity contribution in [1.29, 1.82) is 0 Å². The van der Waals surface area contributed by atoms with E-state index in [1.165, 1.54) is 23.5 Å². The number of carbonyl (C=O) groups excluding carboxylic acids is 1. The number of amides is 1. The van der Waals surface area contributed by atoms with Gasteiger partial charge in [0.05, 0.1) is 35.4 Å². The number of aryl methyl sites for hydroxylation is 1. The Morgan fingerprint density at radius 2 is 1.69 bits per heavy atom. The standard InChI is InChI=1S/C30H37N3O7S2/c1-21-10-13-27(14-11-21)42(38,39)32(4)19-29-22(2)18-33(23(3)20-34)30(35)17-24-16-25(12-15-28(24)40-29)31-41(36,37)26-8-6-5-7-9-26/h5-16,22-23,29,31,34H,17-20H2,1-4H3/t22-,23-,29-/m1/s1. The summed E-state index contributed by atoms with van der Waals surface area (Å²) in [6.45, 7) is 5.45. The second-order valence-corrected chi connectivity index (χ2v) is 14.5. The Labute approximate surface area is 248 Å². The van der Waals surface area contributed by atoms with Gasteiger partial charge >= 0.3 is 0 Å². The molecule has 3 atom stereocenters. The first-order valence-electron chi connectivity index (χ1n) is 13.6. The maximum Gasteiger partial charge on any atom is 0.261 e.